The summed E-state index contributed by atoms with van der Waals surface area (Å²) in [5.74, 6) is 0.983. The van der Waals surface area contributed by atoms with Crippen LogP contribution in [-0.4, -0.2) is 16.1 Å². The fourth-order valence-corrected chi connectivity index (χ4v) is 1.78. The van der Waals surface area contributed by atoms with Crippen molar-refractivity contribution in [2.24, 2.45) is 5.73 Å². The number of aryl methyl sites for hydroxylation is 2. The SMILES string of the molecule is Cc1ccnc(-n2cccc2CCCN)c1. The molecule has 2 aromatic heterocycles. The Hall–Kier alpha value is -1.61. The zero-order valence-corrected chi connectivity index (χ0v) is 9.56. The van der Waals surface area contributed by atoms with Crippen molar-refractivity contribution in [2.75, 3.05) is 6.54 Å². The third kappa shape index (κ3) is 2.31. The van der Waals surface area contributed by atoms with Crippen molar-refractivity contribution >= 4 is 0 Å². The Morgan fingerprint density at radius 2 is 2.25 bits per heavy atom. The lowest BCUT2D eigenvalue weighted by Crippen LogP contribution is -2.05. The first-order valence-electron chi connectivity index (χ1n) is 5.60. The van der Waals surface area contributed by atoms with E-state index in [4.69, 9.17) is 5.73 Å². The summed E-state index contributed by atoms with van der Waals surface area (Å²) in [6, 6.07) is 8.27. The van der Waals surface area contributed by atoms with Crippen LogP contribution in [0.1, 0.15) is 17.7 Å². The smallest absolute Gasteiger partial charge is 0.137 e. The molecule has 2 heterocycles. The van der Waals surface area contributed by atoms with Crippen LogP contribution < -0.4 is 5.73 Å². The standard InChI is InChI=1S/C13H17N3/c1-11-6-8-15-13(10-11)16-9-3-5-12(16)4-2-7-14/h3,5-6,8-10H,2,4,7,14H2,1H3. The van der Waals surface area contributed by atoms with E-state index in [0.29, 0.717) is 0 Å². The topological polar surface area (TPSA) is 43.8 Å². The van der Waals surface area contributed by atoms with Crippen molar-refractivity contribution in [1.29, 1.82) is 0 Å². The Balaban J connectivity index is 2.29. The lowest BCUT2D eigenvalue weighted by Gasteiger charge is -2.08. The van der Waals surface area contributed by atoms with Gasteiger partial charge in [0, 0.05) is 18.1 Å². The zero-order chi connectivity index (χ0) is 11.4. The van der Waals surface area contributed by atoms with E-state index in [0.717, 1.165) is 25.2 Å². The lowest BCUT2D eigenvalue weighted by molar-refractivity contribution is 0.782. The van der Waals surface area contributed by atoms with Gasteiger partial charge in [-0.3, -0.25) is 0 Å². The summed E-state index contributed by atoms with van der Waals surface area (Å²) in [4.78, 5) is 4.38. The van der Waals surface area contributed by atoms with Gasteiger partial charge >= 0.3 is 0 Å². The molecule has 3 nitrogen and oxygen atoms in total. The number of hydrogen-bond donors (Lipinski definition) is 1. The first-order chi connectivity index (χ1) is 7.81. The largest absolute Gasteiger partial charge is 0.330 e. The van der Waals surface area contributed by atoms with Gasteiger partial charge in [0.2, 0.25) is 0 Å². The minimum absolute atomic E-state index is 0.729. The highest BCUT2D eigenvalue weighted by Crippen LogP contribution is 2.12. The maximum absolute atomic E-state index is 5.53. The second kappa shape index (κ2) is 4.94. The van der Waals surface area contributed by atoms with E-state index in [1.54, 1.807) is 0 Å². The fourth-order valence-electron chi connectivity index (χ4n) is 1.78. The monoisotopic (exact) mass is 215 g/mol. The zero-order valence-electron chi connectivity index (χ0n) is 9.56. The van der Waals surface area contributed by atoms with Gasteiger partial charge in [-0.2, -0.15) is 0 Å². The van der Waals surface area contributed by atoms with Gasteiger partial charge in [-0.1, -0.05) is 0 Å². The molecule has 2 aromatic rings. The molecule has 0 atom stereocenters. The summed E-state index contributed by atoms with van der Waals surface area (Å²) in [6.07, 6.45) is 5.90. The molecule has 0 bridgehead atoms. The summed E-state index contributed by atoms with van der Waals surface area (Å²) in [5.41, 5.74) is 8.03. The molecule has 0 aliphatic heterocycles. The molecule has 0 aromatic carbocycles. The molecular weight excluding hydrogens is 198 g/mol. The van der Waals surface area contributed by atoms with E-state index < -0.39 is 0 Å². The maximum Gasteiger partial charge on any atom is 0.137 e. The van der Waals surface area contributed by atoms with Crippen LogP contribution in [0, 0.1) is 6.92 Å². The van der Waals surface area contributed by atoms with Gasteiger partial charge in [0.1, 0.15) is 5.82 Å². The third-order valence-corrected chi connectivity index (χ3v) is 2.62. The van der Waals surface area contributed by atoms with Crippen LogP contribution in [0.4, 0.5) is 0 Å². The third-order valence-electron chi connectivity index (χ3n) is 2.62. The van der Waals surface area contributed by atoms with E-state index in [-0.39, 0.29) is 0 Å². The van der Waals surface area contributed by atoms with Crippen LogP contribution in [0.3, 0.4) is 0 Å². The van der Waals surface area contributed by atoms with Crippen molar-refractivity contribution in [1.82, 2.24) is 9.55 Å². The molecule has 2 N–H and O–H groups in total. The van der Waals surface area contributed by atoms with E-state index in [2.05, 4.69) is 34.7 Å². The highest BCUT2D eigenvalue weighted by Gasteiger charge is 2.03. The van der Waals surface area contributed by atoms with Crippen molar-refractivity contribution < 1.29 is 0 Å². The molecule has 0 unspecified atom stereocenters. The van der Waals surface area contributed by atoms with Gasteiger partial charge in [-0.05, 0) is 56.1 Å². The number of nitrogens with zero attached hydrogens (tertiary/aromatic N) is 2. The second-order valence-corrected chi connectivity index (χ2v) is 3.95. The molecule has 3 heteroatoms. The minimum atomic E-state index is 0.729. The highest BCUT2D eigenvalue weighted by atomic mass is 15.1. The molecule has 0 radical (unpaired) electrons. The molecule has 84 valence electrons. The van der Waals surface area contributed by atoms with Crippen molar-refractivity contribution in [3.8, 4) is 5.82 Å². The quantitative estimate of drug-likeness (QED) is 0.848. The lowest BCUT2D eigenvalue weighted by atomic mass is 10.2. The van der Waals surface area contributed by atoms with Crippen LogP contribution in [-0.2, 0) is 6.42 Å². The van der Waals surface area contributed by atoms with Gasteiger partial charge in [0.05, 0.1) is 0 Å². The number of aromatic nitrogens is 2. The Kier molecular flexibility index (Phi) is 3.37. The van der Waals surface area contributed by atoms with Crippen LogP contribution in [0.5, 0.6) is 0 Å². The summed E-state index contributed by atoms with van der Waals surface area (Å²) < 4.78 is 2.13. The van der Waals surface area contributed by atoms with E-state index in [1.165, 1.54) is 11.3 Å². The number of pyridine rings is 1. The van der Waals surface area contributed by atoms with Crippen LogP contribution in [0.25, 0.3) is 5.82 Å². The van der Waals surface area contributed by atoms with Crippen molar-refractivity contribution in [3.63, 3.8) is 0 Å². The van der Waals surface area contributed by atoms with Crippen LogP contribution in [0.2, 0.25) is 0 Å². The molecule has 0 spiro atoms. The van der Waals surface area contributed by atoms with Crippen LogP contribution in [0.15, 0.2) is 36.7 Å². The molecule has 16 heavy (non-hydrogen) atoms. The Labute approximate surface area is 95.9 Å². The fraction of sp³-hybridized carbons (Fsp3) is 0.308. The van der Waals surface area contributed by atoms with E-state index in [1.807, 2.05) is 18.5 Å². The average molecular weight is 215 g/mol. The molecule has 0 saturated heterocycles. The summed E-state index contributed by atoms with van der Waals surface area (Å²) in [7, 11) is 0. The second-order valence-electron chi connectivity index (χ2n) is 3.95. The Morgan fingerprint density at radius 3 is 3.00 bits per heavy atom. The summed E-state index contributed by atoms with van der Waals surface area (Å²) >= 11 is 0. The van der Waals surface area contributed by atoms with Gasteiger partial charge < -0.3 is 10.3 Å². The van der Waals surface area contributed by atoms with Gasteiger partial charge in [0.15, 0.2) is 0 Å². The predicted molar refractivity (Wildman–Crippen MR) is 65.7 cm³/mol. The summed E-state index contributed by atoms with van der Waals surface area (Å²) in [6.45, 7) is 2.81. The summed E-state index contributed by atoms with van der Waals surface area (Å²) in [5, 5.41) is 0. The molecule has 0 fully saturated rings. The maximum atomic E-state index is 5.53. The molecule has 2 rings (SSSR count). The first-order valence-corrected chi connectivity index (χ1v) is 5.60. The van der Waals surface area contributed by atoms with Crippen molar-refractivity contribution in [2.45, 2.75) is 19.8 Å². The number of rotatable bonds is 4. The molecule has 0 saturated carbocycles. The highest BCUT2D eigenvalue weighted by molar-refractivity contribution is 5.30. The minimum Gasteiger partial charge on any atom is -0.330 e. The van der Waals surface area contributed by atoms with Gasteiger partial charge in [-0.15, -0.1) is 0 Å². The van der Waals surface area contributed by atoms with E-state index in [9.17, 15) is 0 Å². The van der Waals surface area contributed by atoms with Crippen LogP contribution >= 0.6 is 0 Å². The number of hydrogen-bond acceptors (Lipinski definition) is 2. The molecule has 0 amide bonds. The van der Waals surface area contributed by atoms with Crippen molar-refractivity contribution in [3.05, 3.63) is 47.9 Å². The van der Waals surface area contributed by atoms with Gasteiger partial charge in [0.25, 0.3) is 0 Å². The molecule has 0 aliphatic carbocycles. The normalized spacial score (nSPS) is 10.6. The average Bonchev–Trinajstić information content (AvgIpc) is 2.74. The van der Waals surface area contributed by atoms with E-state index >= 15 is 0 Å². The predicted octanol–water partition coefficient (Wildman–Crippen LogP) is 2.07. The molecule has 0 aliphatic rings. The number of nitrogens with two attached hydrogens (primary N) is 1. The molecular formula is C13H17N3. The first kappa shape index (κ1) is 10.9. The Morgan fingerprint density at radius 1 is 1.38 bits per heavy atom. The Bertz CT molecular complexity index is 460. The van der Waals surface area contributed by atoms with Gasteiger partial charge in [-0.25, -0.2) is 4.98 Å².